The maximum absolute atomic E-state index is 10.7. The zero-order valence-electron chi connectivity index (χ0n) is 10.2. The zero-order chi connectivity index (χ0) is 14.0. The number of carboxylic acid groups (broad SMARTS) is 1. The standard InChI is InChI=1S/C13H13Cl2NO3/c1-7(13(17)18)16-5-8-2-9-3-10(14)4-11(15)12(9)19-6-8/h2-4,7,16H,5-6H2,1H3,(H,17,18). The Morgan fingerprint density at radius 3 is 2.95 bits per heavy atom. The van der Waals surface area contributed by atoms with Crippen molar-refractivity contribution in [1.29, 1.82) is 0 Å². The highest BCUT2D eigenvalue weighted by Crippen LogP contribution is 2.36. The number of hydrogen-bond donors (Lipinski definition) is 2. The zero-order valence-corrected chi connectivity index (χ0v) is 11.8. The van der Waals surface area contributed by atoms with Gasteiger partial charge in [0.25, 0.3) is 0 Å². The summed E-state index contributed by atoms with van der Waals surface area (Å²) in [5.74, 6) is -0.273. The molecule has 1 heterocycles. The van der Waals surface area contributed by atoms with Gasteiger partial charge in [-0.25, -0.2) is 0 Å². The van der Waals surface area contributed by atoms with Crippen molar-refractivity contribution in [2.24, 2.45) is 0 Å². The fourth-order valence-corrected chi connectivity index (χ4v) is 2.30. The summed E-state index contributed by atoms with van der Waals surface area (Å²) < 4.78 is 5.57. The molecule has 1 aliphatic rings. The average Bonchev–Trinajstić information content (AvgIpc) is 2.35. The molecular formula is C13H13Cl2NO3. The molecule has 1 aromatic carbocycles. The number of carboxylic acids is 1. The lowest BCUT2D eigenvalue weighted by molar-refractivity contribution is -0.138. The first-order chi connectivity index (χ1) is 8.97. The van der Waals surface area contributed by atoms with Gasteiger partial charge >= 0.3 is 5.97 Å². The molecule has 19 heavy (non-hydrogen) atoms. The van der Waals surface area contributed by atoms with Gasteiger partial charge in [-0.05, 0) is 30.7 Å². The van der Waals surface area contributed by atoms with Crippen molar-refractivity contribution in [2.75, 3.05) is 13.2 Å². The highest BCUT2D eigenvalue weighted by molar-refractivity contribution is 6.36. The van der Waals surface area contributed by atoms with E-state index in [2.05, 4.69) is 5.32 Å². The number of ether oxygens (including phenoxy) is 1. The highest BCUT2D eigenvalue weighted by atomic mass is 35.5. The SMILES string of the molecule is CC(NCC1=Cc2cc(Cl)cc(Cl)c2OC1)C(=O)O. The predicted octanol–water partition coefficient (Wildman–Crippen LogP) is 2.83. The maximum atomic E-state index is 10.7. The molecule has 0 bridgehead atoms. The third kappa shape index (κ3) is 3.41. The second-order valence-electron chi connectivity index (χ2n) is 4.34. The summed E-state index contributed by atoms with van der Waals surface area (Å²) >= 11 is 12.0. The van der Waals surface area contributed by atoms with Gasteiger partial charge < -0.3 is 15.2 Å². The van der Waals surface area contributed by atoms with Crippen LogP contribution in [0.4, 0.5) is 0 Å². The van der Waals surface area contributed by atoms with Crippen molar-refractivity contribution in [3.63, 3.8) is 0 Å². The third-order valence-corrected chi connectivity index (χ3v) is 3.30. The highest BCUT2D eigenvalue weighted by Gasteiger charge is 2.17. The van der Waals surface area contributed by atoms with Crippen LogP contribution in [-0.4, -0.2) is 30.3 Å². The van der Waals surface area contributed by atoms with E-state index >= 15 is 0 Å². The summed E-state index contributed by atoms with van der Waals surface area (Å²) in [5, 5.41) is 12.7. The van der Waals surface area contributed by atoms with Crippen LogP contribution in [0.1, 0.15) is 12.5 Å². The molecule has 2 N–H and O–H groups in total. The summed E-state index contributed by atoms with van der Waals surface area (Å²) in [6, 6.07) is 2.79. The van der Waals surface area contributed by atoms with Gasteiger partial charge in [0.15, 0.2) is 0 Å². The molecule has 0 amide bonds. The number of carbonyl (C=O) groups is 1. The van der Waals surface area contributed by atoms with Crippen molar-refractivity contribution in [1.82, 2.24) is 5.32 Å². The van der Waals surface area contributed by atoms with Crippen LogP contribution in [0, 0.1) is 0 Å². The van der Waals surface area contributed by atoms with Crippen LogP contribution in [0.15, 0.2) is 17.7 Å². The molecule has 1 unspecified atom stereocenters. The molecule has 0 saturated heterocycles. The second-order valence-corrected chi connectivity index (χ2v) is 5.18. The number of rotatable bonds is 4. The van der Waals surface area contributed by atoms with E-state index < -0.39 is 12.0 Å². The van der Waals surface area contributed by atoms with Gasteiger partial charge in [-0.1, -0.05) is 23.2 Å². The molecular weight excluding hydrogens is 289 g/mol. The largest absolute Gasteiger partial charge is 0.487 e. The Morgan fingerprint density at radius 1 is 1.53 bits per heavy atom. The Kier molecular flexibility index (Phi) is 4.34. The molecule has 0 radical (unpaired) electrons. The summed E-state index contributed by atoms with van der Waals surface area (Å²) in [5.41, 5.74) is 1.75. The first kappa shape index (κ1) is 14.2. The van der Waals surface area contributed by atoms with Gasteiger partial charge in [0.2, 0.25) is 0 Å². The minimum atomic E-state index is -0.885. The van der Waals surface area contributed by atoms with E-state index in [1.807, 2.05) is 6.08 Å². The van der Waals surface area contributed by atoms with Crippen LogP contribution in [0.5, 0.6) is 5.75 Å². The van der Waals surface area contributed by atoms with Gasteiger partial charge in [0, 0.05) is 17.1 Å². The van der Waals surface area contributed by atoms with E-state index in [0.29, 0.717) is 28.9 Å². The molecule has 0 aliphatic carbocycles. The first-order valence-electron chi connectivity index (χ1n) is 5.75. The summed E-state index contributed by atoms with van der Waals surface area (Å²) in [7, 11) is 0. The summed E-state index contributed by atoms with van der Waals surface area (Å²) in [6.07, 6.45) is 1.91. The minimum Gasteiger partial charge on any atom is -0.487 e. The first-order valence-corrected chi connectivity index (χ1v) is 6.50. The normalized spacial score (nSPS) is 15.2. The van der Waals surface area contributed by atoms with Crippen molar-refractivity contribution >= 4 is 35.2 Å². The molecule has 1 aromatic rings. The maximum Gasteiger partial charge on any atom is 0.320 e. The fraction of sp³-hybridized carbons (Fsp3) is 0.308. The van der Waals surface area contributed by atoms with Crippen LogP contribution < -0.4 is 10.1 Å². The van der Waals surface area contributed by atoms with Gasteiger partial charge in [-0.3, -0.25) is 4.79 Å². The minimum absolute atomic E-state index is 0.383. The Morgan fingerprint density at radius 2 is 2.26 bits per heavy atom. The van der Waals surface area contributed by atoms with Crippen LogP contribution >= 0.6 is 23.2 Å². The topological polar surface area (TPSA) is 58.6 Å². The quantitative estimate of drug-likeness (QED) is 0.898. The van der Waals surface area contributed by atoms with Crippen LogP contribution in [0.3, 0.4) is 0 Å². The molecule has 0 aromatic heterocycles. The lowest BCUT2D eigenvalue weighted by atomic mass is 10.1. The number of fused-ring (bicyclic) bond motifs is 1. The molecule has 6 heteroatoms. The van der Waals surface area contributed by atoms with E-state index in [9.17, 15) is 4.79 Å². The second kappa shape index (κ2) is 5.82. The molecule has 0 saturated carbocycles. The smallest absolute Gasteiger partial charge is 0.320 e. The Balaban J connectivity index is 2.13. The van der Waals surface area contributed by atoms with Gasteiger partial charge in [0.05, 0.1) is 5.02 Å². The van der Waals surface area contributed by atoms with Crippen molar-refractivity contribution in [2.45, 2.75) is 13.0 Å². The van der Waals surface area contributed by atoms with E-state index in [0.717, 1.165) is 11.1 Å². The number of hydrogen-bond acceptors (Lipinski definition) is 3. The summed E-state index contributed by atoms with van der Waals surface area (Å²) in [4.78, 5) is 10.7. The Bertz CT molecular complexity index is 543. The van der Waals surface area contributed by atoms with E-state index in [1.165, 1.54) is 0 Å². The van der Waals surface area contributed by atoms with Crippen LogP contribution in [0.2, 0.25) is 10.0 Å². The van der Waals surface area contributed by atoms with E-state index in [4.69, 9.17) is 33.0 Å². The van der Waals surface area contributed by atoms with Gasteiger partial charge in [0.1, 0.15) is 18.4 Å². The number of aliphatic carboxylic acids is 1. The molecule has 0 fully saturated rings. The molecule has 0 spiro atoms. The molecule has 102 valence electrons. The predicted molar refractivity (Wildman–Crippen MR) is 75.0 cm³/mol. The third-order valence-electron chi connectivity index (χ3n) is 2.80. The Labute approximate surface area is 121 Å². The van der Waals surface area contributed by atoms with Crippen molar-refractivity contribution in [3.8, 4) is 5.75 Å². The number of halogens is 2. The average molecular weight is 302 g/mol. The van der Waals surface area contributed by atoms with Crippen molar-refractivity contribution < 1.29 is 14.6 Å². The Hall–Kier alpha value is -1.23. The van der Waals surface area contributed by atoms with Crippen LogP contribution in [-0.2, 0) is 4.79 Å². The van der Waals surface area contributed by atoms with Crippen LogP contribution in [0.25, 0.3) is 6.08 Å². The van der Waals surface area contributed by atoms with Gasteiger partial charge in [-0.2, -0.15) is 0 Å². The molecule has 2 rings (SSSR count). The van der Waals surface area contributed by atoms with Crippen molar-refractivity contribution in [3.05, 3.63) is 33.3 Å². The summed E-state index contributed by atoms with van der Waals surface area (Å²) in [6.45, 7) is 2.42. The fourth-order valence-electron chi connectivity index (χ4n) is 1.74. The molecule has 4 nitrogen and oxygen atoms in total. The lowest BCUT2D eigenvalue weighted by Gasteiger charge is -2.20. The molecule has 1 aliphatic heterocycles. The van der Waals surface area contributed by atoms with E-state index in [-0.39, 0.29) is 0 Å². The van der Waals surface area contributed by atoms with E-state index in [1.54, 1.807) is 19.1 Å². The van der Waals surface area contributed by atoms with Gasteiger partial charge in [-0.15, -0.1) is 0 Å². The number of nitrogens with one attached hydrogen (secondary N) is 1. The molecule has 1 atom stereocenters. The monoisotopic (exact) mass is 301 g/mol. The lowest BCUT2D eigenvalue weighted by Crippen LogP contribution is -2.35. The number of benzene rings is 1.